The molecule has 0 heterocycles. The fraction of sp³-hybridized carbons (Fsp3) is 0.200. The smallest absolute Gasteiger partial charge is 0.269 e. The van der Waals surface area contributed by atoms with Crippen LogP contribution in [0.15, 0.2) is 42.5 Å². The van der Waals surface area contributed by atoms with Gasteiger partial charge in [-0.3, -0.25) is 10.1 Å². The van der Waals surface area contributed by atoms with E-state index in [1.165, 1.54) is 12.1 Å². The number of nitrogens with zero attached hydrogens (tertiary/aromatic N) is 1. The van der Waals surface area contributed by atoms with Crippen molar-refractivity contribution in [3.05, 3.63) is 63.2 Å². The van der Waals surface area contributed by atoms with Crippen LogP contribution in [0.1, 0.15) is 12.5 Å². The van der Waals surface area contributed by atoms with Crippen LogP contribution in [0.25, 0.3) is 0 Å². The first kappa shape index (κ1) is 15.1. The second-order valence-corrected chi connectivity index (χ2v) is 4.79. The van der Waals surface area contributed by atoms with Crippen LogP contribution in [0.3, 0.4) is 0 Å². The van der Waals surface area contributed by atoms with E-state index in [2.05, 4.69) is 5.32 Å². The van der Waals surface area contributed by atoms with E-state index in [0.29, 0.717) is 18.2 Å². The van der Waals surface area contributed by atoms with Gasteiger partial charge in [0.2, 0.25) is 0 Å². The summed E-state index contributed by atoms with van der Waals surface area (Å²) in [4.78, 5) is 10.2. The summed E-state index contributed by atoms with van der Waals surface area (Å²) in [5.41, 5.74) is 1.81. The van der Waals surface area contributed by atoms with Gasteiger partial charge in [0.05, 0.1) is 17.2 Å². The van der Waals surface area contributed by atoms with E-state index in [9.17, 15) is 10.1 Å². The lowest BCUT2D eigenvalue weighted by Crippen LogP contribution is -2.03. The summed E-state index contributed by atoms with van der Waals surface area (Å²) >= 11 is 5.98. The Hall–Kier alpha value is -2.27. The van der Waals surface area contributed by atoms with Crippen molar-refractivity contribution in [1.29, 1.82) is 0 Å². The lowest BCUT2D eigenvalue weighted by atomic mass is 10.2. The van der Waals surface area contributed by atoms with E-state index in [1.54, 1.807) is 24.3 Å². The Morgan fingerprint density at radius 3 is 2.57 bits per heavy atom. The fourth-order valence-corrected chi connectivity index (χ4v) is 2.03. The molecule has 0 aromatic heterocycles. The van der Waals surface area contributed by atoms with Gasteiger partial charge in [0, 0.05) is 23.7 Å². The minimum Gasteiger partial charge on any atom is -0.492 e. The molecule has 2 aromatic carbocycles. The average molecular weight is 307 g/mol. The third kappa shape index (κ3) is 4.10. The van der Waals surface area contributed by atoms with E-state index in [1.807, 2.05) is 13.0 Å². The molecule has 0 unspecified atom stereocenters. The Morgan fingerprint density at radius 2 is 1.95 bits per heavy atom. The molecule has 0 bridgehead atoms. The summed E-state index contributed by atoms with van der Waals surface area (Å²) < 4.78 is 5.52. The number of rotatable bonds is 6. The molecule has 110 valence electrons. The van der Waals surface area contributed by atoms with Gasteiger partial charge in [-0.25, -0.2) is 0 Å². The predicted octanol–water partition coefficient (Wildman–Crippen LogP) is 4.26. The number of non-ortho nitro benzene ring substituents is 1. The van der Waals surface area contributed by atoms with Gasteiger partial charge >= 0.3 is 0 Å². The molecule has 0 amide bonds. The van der Waals surface area contributed by atoms with E-state index in [-0.39, 0.29) is 5.69 Å². The van der Waals surface area contributed by atoms with Gasteiger partial charge in [-0.1, -0.05) is 23.7 Å². The summed E-state index contributed by atoms with van der Waals surface area (Å²) in [5.74, 6) is 0.726. The van der Waals surface area contributed by atoms with Crippen LogP contribution in [0.5, 0.6) is 5.75 Å². The molecule has 0 saturated carbocycles. The van der Waals surface area contributed by atoms with Crippen molar-refractivity contribution in [3.8, 4) is 5.75 Å². The number of halogens is 1. The first-order valence-corrected chi connectivity index (χ1v) is 6.87. The van der Waals surface area contributed by atoms with Crippen LogP contribution in [0.2, 0.25) is 5.02 Å². The molecule has 5 nitrogen and oxygen atoms in total. The Kier molecular flexibility index (Phi) is 5.00. The number of ether oxygens (including phenoxy) is 1. The SMILES string of the molecule is CCOc1ccc(Cl)cc1NCc1ccc([N+](=O)[O-])cc1. The van der Waals surface area contributed by atoms with Gasteiger partial charge in [0.1, 0.15) is 5.75 Å². The first-order valence-electron chi connectivity index (χ1n) is 6.49. The number of nitro groups is 1. The van der Waals surface area contributed by atoms with Crippen LogP contribution < -0.4 is 10.1 Å². The molecule has 6 heteroatoms. The first-order chi connectivity index (χ1) is 10.1. The summed E-state index contributed by atoms with van der Waals surface area (Å²) in [6.45, 7) is 3.00. The molecule has 0 spiro atoms. The second-order valence-electron chi connectivity index (χ2n) is 4.35. The van der Waals surface area contributed by atoms with Gasteiger partial charge in [-0.05, 0) is 30.7 Å². The van der Waals surface area contributed by atoms with Crippen molar-refractivity contribution in [2.75, 3.05) is 11.9 Å². The number of hydrogen-bond donors (Lipinski definition) is 1. The quantitative estimate of drug-likeness (QED) is 0.640. The highest BCUT2D eigenvalue weighted by molar-refractivity contribution is 6.30. The maximum atomic E-state index is 10.6. The van der Waals surface area contributed by atoms with Crippen LogP contribution in [0, 0.1) is 10.1 Å². The van der Waals surface area contributed by atoms with E-state index < -0.39 is 4.92 Å². The molecule has 2 aromatic rings. The monoisotopic (exact) mass is 306 g/mol. The van der Waals surface area contributed by atoms with Crippen molar-refractivity contribution in [1.82, 2.24) is 0 Å². The number of nitro benzene ring substituents is 1. The van der Waals surface area contributed by atoms with Crippen LogP contribution >= 0.6 is 11.6 Å². The van der Waals surface area contributed by atoms with Crippen LogP contribution in [0.4, 0.5) is 11.4 Å². The van der Waals surface area contributed by atoms with Crippen molar-refractivity contribution >= 4 is 23.0 Å². The zero-order chi connectivity index (χ0) is 15.2. The van der Waals surface area contributed by atoms with Gasteiger partial charge < -0.3 is 10.1 Å². The molecular weight excluding hydrogens is 292 g/mol. The van der Waals surface area contributed by atoms with Gasteiger partial charge in [0.25, 0.3) is 5.69 Å². The van der Waals surface area contributed by atoms with E-state index in [4.69, 9.17) is 16.3 Å². The number of anilines is 1. The molecule has 0 saturated heterocycles. The van der Waals surface area contributed by atoms with Crippen LogP contribution in [-0.2, 0) is 6.54 Å². The predicted molar refractivity (Wildman–Crippen MR) is 83.0 cm³/mol. The van der Waals surface area contributed by atoms with Gasteiger partial charge in [0.15, 0.2) is 0 Å². The summed E-state index contributed by atoms with van der Waals surface area (Å²) in [6.07, 6.45) is 0. The number of hydrogen-bond acceptors (Lipinski definition) is 4. The largest absolute Gasteiger partial charge is 0.492 e. The Morgan fingerprint density at radius 1 is 1.24 bits per heavy atom. The second kappa shape index (κ2) is 6.95. The van der Waals surface area contributed by atoms with Crippen molar-refractivity contribution in [2.24, 2.45) is 0 Å². The van der Waals surface area contributed by atoms with Crippen molar-refractivity contribution in [2.45, 2.75) is 13.5 Å². The highest BCUT2D eigenvalue weighted by Gasteiger charge is 2.06. The molecule has 0 radical (unpaired) electrons. The van der Waals surface area contributed by atoms with Crippen molar-refractivity contribution < 1.29 is 9.66 Å². The summed E-state index contributed by atoms with van der Waals surface area (Å²) in [5, 5.41) is 14.4. The average Bonchev–Trinajstić information content (AvgIpc) is 2.48. The Bertz CT molecular complexity index is 629. The Balaban J connectivity index is 2.08. The van der Waals surface area contributed by atoms with E-state index >= 15 is 0 Å². The number of benzene rings is 2. The zero-order valence-electron chi connectivity index (χ0n) is 11.5. The van der Waals surface area contributed by atoms with Gasteiger partial charge in [-0.2, -0.15) is 0 Å². The minimum absolute atomic E-state index is 0.0801. The molecule has 0 fully saturated rings. The number of nitrogens with one attached hydrogen (secondary N) is 1. The fourth-order valence-electron chi connectivity index (χ4n) is 1.85. The zero-order valence-corrected chi connectivity index (χ0v) is 12.3. The van der Waals surface area contributed by atoms with E-state index in [0.717, 1.165) is 17.0 Å². The molecule has 1 N–H and O–H groups in total. The van der Waals surface area contributed by atoms with Gasteiger partial charge in [-0.15, -0.1) is 0 Å². The molecule has 0 aliphatic heterocycles. The van der Waals surface area contributed by atoms with Crippen molar-refractivity contribution in [3.63, 3.8) is 0 Å². The summed E-state index contributed by atoms with van der Waals surface area (Å²) in [6, 6.07) is 11.8. The molecular formula is C15H15ClN2O3. The summed E-state index contributed by atoms with van der Waals surface area (Å²) in [7, 11) is 0. The standard InChI is InChI=1S/C15H15ClN2O3/c1-2-21-15-8-5-12(16)9-14(15)17-10-11-3-6-13(7-4-11)18(19)20/h3-9,17H,2,10H2,1H3. The lowest BCUT2D eigenvalue weighted by Gasteiger charge is -2.12. The third-order valence-corrected chi connectivity index (χ3v) is 3.11. The molecule has 21 heavy (non-hydrogen) atoms. The Labute approximate surface area is 127 Å². The maximum absolute atomic E-state index is 10.6. The minimum atomic E-state index is -0.415. The van der Waals surface area contributed by atoms with Crippen LogP contribution in [-0.4, -0.2) is 11.5 Å². The highest BCUT2D eigenvalue weighted by atomic mass is 35.5. The molecule has 0 aliphatic carbocycles. The third-order valence-electron chi connectivity index (χ3n) is 2.87. The molecule has 0 aliphatic rings. The molecule has 2 rings (SSSR count). The normalized spacial score (nSPS) is 10.2. The maximum Gasteiger partial charge on any atom is 0.269 e. The topological polar surface area (TPSA) is 64.4 Å². The lowest BCUT2D eigenvalue weighted by molar-refractivity contribution is -0.384. The molecule has 0 atom stereocenters. The highest BCUT2D eigenvalue weighted by Crippen LogP contribution is 2.28.